The van der Waals surface area contributed by atoms with E-state index in [9.17, 15) is 9.90 Å². The number of unbranched alkanes of at least 4 members (excludes halogenated alkanes) is 1. The fraction of sp³-hybridized carbons (Fsp3) is 0.929. The number of carbonyl (C=O) groups excluding carboxylic acids is 1. The van der Waals surface area contributed by atoms with Gasteiger partial charge >= 0.3 is 5.97 Å². The molecular formula is C14H28O4. The van der Waals surface area contributed by atoms with Crippen LogP contribution in [0, 0.1) is 10.8 Å². The van der Waals surface area contributed by atoms with E-state index in [4.69, 9.17) is 5.26 Å². The van der Waals surface area contributed by atoms with Gasteiger partial charge in [0.15, 0.2) is 0 Å². The Kier molecular flexibility index (Phi) is 6.86. The summed E-state index contributed by atoms with van der Waals surface area (Å²) in [6, 6.07) is 0. The lowest BCUT2D eigenvalue weighted by Crippen LogP contribution is -2.46. The minimum atomic E-state index is -0.741. The first-order valence-electron chi connectivity index (χ1n) is 6.81. The van der Waals surface area contributed by atoms with Crippen molar-refractivity contribution in [2.24, 2.45) is 10.8 Å². The smallest absolute Gasteiger partial charge is 0.348 e. The van der Waals surface area contributed by atoms with E-state index in [1.54, 1.807) is 6.92 Å². The molecule has 0 aliphatic carbocycles. The van der Waals surface area contributed by atoms with Gasteiger partial charge in [-0.05, 0) is 31.6 Å². The number of hydrogen-bond acceptors (Lipinski definition) is 4. The highest BCUT2D eigenvalue weighted by molar-refractivity contribution is 5.77. The first-order valence-corrected chi connectivity index (χ1v) is 6.81. The van der Waals surface area contributed by atoms with Crippen molar-refractivity contribution < 1.29 is 20.0 Å². The number of hydrogen-bond donors (Lipinski definition) is 2. The maximum atomic E-state index is 12.0. The lowest BCUT2D eigenvalue weighted by Gasteiger charge is -2.44. The van der Waals surface area contributed by atoms with Gasteiger partial charge in [-0.15, -0.1) is 0 Å². The Morgan fingerprint density at radius 2 is 1.89 bits per heavy atom. The molecule has 4 heteroatoms. The molecule has 2 atom stereocenters. The summed E-state index contributed by atoms with van der Waals surface area (Å²) in [4.78, 5) is 16.1. The van der Waals surface area contributed by atoms with Crippen LogP contribution in [0.3, 0.4) is 0 Å². The first kappa shape index (κ1) is 17.4. The van der Waals surface area contributed by atoms with E-state index in [1.165, 1.54) is 0 Å². The van der Waals surface area contributed by atoms with Crippen LogP contribution >= 0.6 is 0 Å². The molecule has 0 saturated heterocycles. The summed E-state index contributed by atoms with van der Waals surface area (Å²) in [5.41, 5.74) is -1.17. The van der Waals surface area contributed by atoms with Crippen LogP contribution in [0.4, 0.5) is 0 Å². The Balaban J connectivity index is 5.32. The van der Waals surface area contributed by atoms with Gasteiger partial charge in [-0.3, -0.25) is 0 Å². The molecule has 0 amide bonds. The van der Waals surface area contributed by atoms with Gasteiger partial charge in [-0.2, -0.15) is 5.26 Å². The number of carbonyl (C=O) groups is 1. The molecule has 0 aromatic carbocycles. The molecule has 18 heavy (non-hydrogen) atoms. The molecule has 2 unspecified atom stereocenters. The van der Waals surface area contributed by atoms with Crippen molar-refractivity contribution in [3.63, 3.8) is 0 Å². The summed E-state index contributed by atoms with van der Waals surface area (Å²) in [5, 5.41) is 18.4. The maximum Gasteiger partial charge on any atom is 0.348 e. The summed E-state index contributed by atoms with van der Waals surface area (Å²) < 4.78 is 0. The van der Waals surface area contributed by atoms with Crippen LogP contribution < -0.4 is 0 Å². The second kappa shape index (κ2) is 7.10. The Morgan fingerprint density at radius 3 is 2.22 bits per heavy atom. The second-order valence-corrected chi connectivity index (χ2v) is 5.85. The van der Waals surface area contributed by atoms with E-state index in [0.29, 0.717) is 19.3 Å². The summed E-state index contributed by atoms with van der Waals surface area (Å²) in [6.07, 6.45) is 3.14. The van der Waals surface area contributed by atoms with Crippen LogP contribution in [-0.2, 0) is 9.68 Å². The Bertz CT molecular complexity index is 261. The summed E-state index contributed by atoms with van der Waals surface area (Å²) in [6.45, 7) is 9.61. The summed E-state index contributed by atoms with van der Waals surface area (Å²) in [7, 11) is 0. The van der Waals surface area contributed by atoms with E-state index in [-0.39, 0.29) is 0 Å². The van der Waals surface area contributed by atoms with Crippen molar-refractivity contribution in [1.82, 2.24) is 0 Å². The normalized spacial score (nSPS) is 17.1. The Labute approximate surface area is 110 Å². The predicted octanol–water partition coefficient (Wildman–Crippen LogP) is 3.39. The molecule has 0 aliphatic rings. The molecule has 0 radical (unpaired) electrons. The van der Waals surface area contributed by atoms with Gasteiger partial charge in [0, 0.05) is 0 Å². The molecule has 108 valence electrons. The topological polar surface area (TPSA) is 66.8 Å². The molecular weight excluding hydrogens is 232 g/mol. The lowest BCUT2D eigenvalue weighted by atomic mass is 9.59. The zero-order valence-corrected chi connectivity index (χ0v) is 12.3. The zero-order chi connectivity index (χ0) is 14.4. The van der Waals surface area contributed by atoms with Gasteiger partial charge in [-0.25, -0.2) is 4.79 Å². The average Bonchev–Trinajstić information content (AvgIpc) is 2.27. The van der Waals surface area contributed by atoms with E-state index in [0.717, 1.165) is 12.8 Å². The maximum absolute atomic E-state index is 12.0. The van der Waals surface area contributed by atoms with Crippen molar-refractivity contribution in [1.29, 1.82) is 0 Å². The van der Waals surface area contributed by atoms with Gasteiger partial charge in [0.05, 0.1) is 11.5 Å². The third kappa shape index (κ3) is 3.69. The van der Waals surface area contributed by atoms with Gasteiger partial charge in [-0.1, -0.05) is 40.5 Å². The van der Waals surface area contributed by atoms with Crippen LogP contribution in [0.2, 0.25) is 0 Å². The van der Waals surface area contributed by atoms with Crippen LogP contribution in [0.15, 0.2) is 0 Å². The number of aliphatic hydroxyl groups is 1. The van der Waals surface area contributed by atoms with Crippen molar-refractivity contribution in [3.8, 4) is 0 Å². The fourth-order valence-corrected chi connectivity index (χ4v) is 3.02. The molecule has 0 rings (SSSR count). The van der Waals surface area contributed by atoms with Crippen molar-refractivity contribution >= 4 is 5.97 Å². The molecule has 0 spiro atoms. The van der Waals surface area contributed by atoms with E-state index in [1.807, 2.05) is 20.8 Å². The SMILES string of the molecule is CCCCC(CC)(C(=O)OO)C(C)(C)CC(C)O. The van der Waals surface area contributed by atoms with Crippen LogP contribution in [0.25, 0.3) is 0 Å². The van der Waals surface area contributed by atoms with Crippen LogP contribution in [0.1, 0.15) is 66.7 Å². The zero-order valence-electron chi connectivity index (χ0n) is 12.3. The van der Waals surface area contributed by atoms with Crippen molar-refractivity contribution in [3.05, 3.63) is 0 Å². The van der Waals surface area contributed by atoms with Gasteiger partial charge < -0.3 is 9.99 Å². The van der Waals surface area contributed by atoms with Crippen molar-refractivity contribution in [2.75, 3.05) is 0 Å². The van der Waals surface area contributed by atoms with Crippen LogP contribution in [-0.4, -0.2) is 22.4 Å². The molecule has 0 aromatic heterocycles. The monoisotopic (exact) mass is 260 g/mol. The Hall–Kier alpha value is -0.610. The fourth-order valence-electron chi connectivity index (χ4n) is 3.02. The molecule has 2 N–H and O–H groups in total. The van der Waals surface area contributed by atoms with Crippen LogP contribution in [0.5, 0.6) is 0 Å². The number of rotatable bonds is 8. The molecule has 0 heterocycles. The summed E-state index contributed by atoms with van der Waals surface area (Å²) in [5.74, 6) is -0.580. The van der Waals surface area contributed by atoms with Gasteiger partial charge in [0.25, 0.3) is 0 Å². The van der Waals surface area contributed by atoms with E-state index >= 15 is 0 Å². The first-order chi connectivity index (χ1) is 8.27. The average molecular weight is 260 g/mol. The van der Waals surface area contributed by atoms with E-state index < -0.39 is 22.9 Å². The molecule has 0 fully saturated rings. The minimum absolute atomic E-state index is 0.426. The quantitative estimate of drug-likeness (QED) is 0.518. The molecule has 0 aliphatic heterocycles. The second-order valence-electron chi connectivity index (χ2n) is 5.85. The highest BCUT2D eigenvalue weighted by Crippen LogP contribution is 2.49. The Morgan fingerprint density at radius 1 is 1.33 bits per heavy atom. The van der Waals surface area contributed by atoms with Crippen molar-refractivity contribution in [2.45, 2.75) is 72.8 Å². The third-order valence-corrected chi connectivity index (χ3v) is 4.14. The van der Waals surface area contributed by atoms with Gasteiger partial charge in [0.1, 0.15) is 0 Å². The highest BCUT2D eigenvalue weighted by Gasteiger charge is 2.50. The molecule has 4 nitrogen and oxygen atoms in total. The predicted molar refractivity (Wildman–Crippen MR) is 71.0 cm³/mol. The molecule has 0 bridgehead atoms. The van der Waals surface area contributed by atoms with E-state index in [2.05, 4.69) is 11.8 Å². The summed E-state index contributed by atoms with van der Waals surface area (Å²) >= 11 is 0. The van der Waals surface area contributed by atoms with Gasteiger partial charge in [0.2, 0.25) is 0 Å². The highest BCUT2D eigenvalue weighted by atomic mass is 17.1. The minimum Gasteiger partial charge on any atom is -0.393 e. The molecule has 0 saturated carbocycles. The third-order valence-electron chi connectivity index (χ3n) is 4.14. The largest absolute Gasteiger partial charge is 0.393 e. The number of aliphatic hydroxyl groups excluding tert-OH is 1. The standard InChI is InChI=1S/C14H28O4/c1-6-8-9-14(7-2,12(16)18-17)13(4,5)10-11(3)15/h11,15,17H,6-10H2,1-5H3. The lowest BCUT2D eigenvalue weighted by molar-refractivity contribution is -0.253. The molecule has 0 aromatic rings.